The Bertz CT molecular complexity index is 195. The van der Waals surface area contributed by atoms with Gasteiger partial charge in [-0.2, -0.15) is 10.1 Å². The lowest BCUT2D eigenvalue weighted by atomic mass is 10.5. The average molecular weight is 172 g/mol. The molecule has 0 fully saturated rings. The zero-order valence-electron chi connectivity index (χ0n) is 6.64. The summed E-state index contributed by atoms with van der Waals surface area (Å²) in [6.45, 7) is 0.937. The van der Waals surface area contributed by atoms with E-state index in [-0.39, 0.29) is 13.2 Å². The number of nitrogens with zero attached hydrogens (tertiary/aromatic N) is 3. The Morgan fingerprint density at radius 3 is 2.42 bits per heavy atom. The Labute approximate surface area is 69.9 Å². The van der Waals surface area contributed by atoms with Gasteiger partial charge in [0.2, 0.25) is 5.95 Å². The predicted octanol–water partition coefficient (Wildman–Crippen LogP) is -1.40. The van der Waals surface area contributed by atoms with E-state index >= 15 is 0 Å². The van der Waals surface area contributed by atoms with Crippen LogP contribution in [0.1, 0.15) is 0 Å². The molecule has 0 aliphatic carbocycles. The van der Waals surface area contributed by atoms with Crippen LogP contribution in [-0.4, -0.2) is 51.7 Å². The van der Waals surface area contributed by atoms with Crippen molar-refractivity contribution in [1.29, 1.82) is 0 Å². The summed E-state index contributed by atoms with van der Waals surface area (Å²) >= 11 is 0. The molecule has 1 aromatic rings. The summed E-state index contributed by atoms with van der Waals surface area (Å²) in [6.07, 6.45) is 1.39. The van der Waals surface area contributed by atoms with E-state index in [0.717, 1.165) is 0 Å². The van der Waals surface area contributed by atoms with E-state index in [4.69, 9.17) is 10.2 Å². The molecule has 12 heavy (non-hydrogen) atoms. The number of aromatic nitrogens is 3. The fourth-order valence-corrected chi connectivity index (χ4v) is 0.916. The Morgan fingerprint density at radius 2 is 2.00 bits per heavy atom. The maximum atomic E-state index is 8.68. The number of aliphatic hydroxyl groups is 2. The fourth-order valence-electron chi connectivity index (χ4n) is 0.916. The van der Waals surface area contributed by atoms with Gasteiger partial charge >= 0.3 is 0 Å². The summed E-state index contributed by atoms with van der Waals surface area (Å²) in [5.74, 6) is 0.568. The molecule has 0 aromatic carbocycles. The molecule has 0 saturated heterocycles. The quantitative estimate of drug-likeness (QED) is 0.508. The third-order valence-corrected chi connectivity index (χ3v) is 1.44. The highest BCUT2D eigenvalue weighted by Gasteiger charge is 2.06. The minimum atomic E-state index is 0.0285. The molecule has 1 aromatic heterocycles. The number of nitrogens with one attached hydrogen (secondary N) is 1. The molecular formula is C6H12N4O2. The number of hydrogen-bond acceptors (Lipinski definition) is 5. The van der Waals surface area contributed by atoms with E-state index in [2.05, 4.69) is 15.2 Å². The minimum absolute atomic E-state index is 0.0285. The van der Waals surface area contributed by atoms with Crippen LogP contribution in [-0.2, 0) is 0 Å². The minimum Gasteiger partial charge on any atom is -0.395 e. The topological polar surface area (TPSA) is 85.3 Å². The molecular weight excluding hydrogens is 160 g/mol. The van der Waals surface area contributed by atoms with Crippen LogP contribution >= 0.6 is 0 Å². The molecule has 6 nitrogen and oxygen atoms in total. The third kappa shape index (κ3) is 2.18. The first-order valence-electron chi connectivity index (χ1n) is 3.70. The van der Waals surface area contributed by atoms with Gasteiger partial charge in [0.25, 0.3) is 0 Å². The second-order valence-corrected chi connectivity index (χ2v) is 2.24. The Morgan fingerprint density at radius 1 is 1.33 bits per heavy atom. The van der Waals surface area contributed by atoms with Gasteiger partial charge in [0.05, 0.1) is 13.2 Å². The SMILES string of the molecule is OCCN(CCO)c1ncn[nH]1. The van der Waals surface area contributed by atoms with Gasteiger partial charge in [-0.3, -0.25) is 0 Å². The first-order valence-corrected chi connectivity index (χ1v) is 3.70. The largest absolute Gasteiger partial charge is 0.395 e. The molecule has 0 unspecified atom stereocenters. The second-order valence-electron chi connectivity index (χ2n) is 2.24. The van der Waals surface area contributed by atoms with Crippen molar-refractivity contribution in [3.05, 3.63) is 6.33 Å². The molecule has 0 amide bonds. The molecule has 1 rings (SSSR count). The number of rotatable bonds is 5. The summed E-state index contributed by atoms with van der Waals surface area (Å²) < 4.78 is 0. The standard InChI is InChI=1S/C6H12N4O2/c11-3-1-10(2-4-12)6-7-5-8-9-6/h5,11-12H,1-4H2,(H,7,8,9). The highest BCUT2D eigenvalue weighted by Crippen LogP contribution is 2.01. The lowest BCUT2D eigenvalue weighted by Gasteiger charge is -2.18. The number of aromatic amines is 1. The van der Waals surface area contributed by atoms with Crippen molar-refractivity contribution in [2.45, 2.75) is 0 Å². The third-order valence-electron chi connectivity index (χ3n) is 1.44. The van der Waals surface area contributed by atoms with Crippen LogP contribution in [0.3, 0.4) is 0 Å². The van der Waals surface area contributed by atoms with Crippen LogP contribution in [0.4, 0.5) is 5.95 Å². The molecule has 0 aliphatic rings. The van der Waals surface area contributed by atoms with Crippen molar-refractivity contribution in [2.24, 2.45) is 0 Å². The Hall–Kier alpha value is -1.14. The average Bonchev–Trinajstić information content (AvgIpc) is 2.56. The molecule has 3 N–H and O–H groups in total. The van der Waals surface area contributed by atoms with Gasteiger partial charge in [-0.25, -0.2) is 5.10 Å². The van der Waals surface area contributed by atoms with Gasteiger partial charge in [-0.1, -0.05) is 0 Å². The molecule has 0 aliphatic heterocycles. The lowest BCUT2D eigenvalue weighted by molar-refractivity contribution is 0.280. The molecule has 0 bridgehead atoms. The van der Waals surface area contributed by atoms with Crippen LogP contribution < -0.4 is 4.90 Å². The van der Waals surface area contributed by atoms with E-state index in [1.165, 1.54) is 6.33 Å². The van der Waals surface area contributed by atoms with E-state index in [9.17, 15) is 0 Å². The second kappa shape index (κ2) is 4.68. The maximum absolute atomic E-state index is 8.68. The van der Waals surface area contributed by atoms with Crippen LogP contribution in [0, 0.1) is 0 Å². The normalized spacial score (nSPS) is 10.2. The van der Waals surface area contributed by atoms with E-state index in [1.807, 2.05) is 0 Å². The molecule has 0 radical (unpaired) electrons. The van der Waals surface area contributed by atoms with Gasteiger partial charge < -0.3 is 15.1 Å². The van der Waals surface area contributed by atoms with E-state index in [0.29, 0.717) is 19.0 Å². The summed E-state index contributed by atoms with van der Waals surface area (Å²) in [4.78, 5) is 5.61. The van der Waals surface area contributed by atoms with Crippen LogP contribution in [0.2, 0.25) is 0 Å². The van der Waals surface area contributed by atoms with Crippen molar-refractivity contribution in [1.82, 2.24) is 15.2 Å². The van der Waals surface area contributed by atoms with Crippen molar-refractivity contribution in [3.63, 3.8) is 0 Å². The molecule has 6 heteroatoms. The summed E-state index contributed by atoms with van der Waals surface area (Å²) in [5.41, 5.74) is 0. The van der Waals surface area contributed by atoms with Crippen molar-refractivity contribution >= 4 is 5.95 Å². The Kier molecular flexibility index (Phi) is 3.49. The summed E-state index contributed by atoms with van der Waals surface area (Å²) in [7, 11) is 0. The number of anilines is 1. The van der Waals surface area contributed by atoms with Gasteiger partial charge in [0, 0.05) is 13.1 Å². The van der Waals surface area contributed by atoms with Crippen molar-refractivity contribution in [3.8, 4) is 0 Å². The van der Waals surface area contributed by atoms with E-state index < -0.39 is 0 Å². The number of H-pyrrole nitrogens is 1. The fraction of sp³-hybridized carbons (Fsp3) is 0.667. The highest BCUT2D eigenvalue weighted by atomic mass is 16.3. The molecule has 68 valence electrons. The monoisotopic (exact) mass is 172 g/mol. The first-order chi connectivity index (χ1) is 5.88. The van der Waals surface area contributed by atoms with Crippen LogP contribution in [0.25, 0.3) is 0 Å². The Balaban J connectivity index is 2.53. The van der Waals surface area contributed by atoms with Gasteiger partial charge in [-0.05, 0) is 0 Å². The summed E-state index contributed by atoms with van der Waals surface area (Å²) in [6, 6.07) is 0. The van der Waals surface area contributed by atoms with E-state index in [1.54, 1.807) is 4.90 Å². The zero-order valence-corrected chi connectivity index (χ0v) is 6.64. The first kappa shape index (κ1) is 8.95. The summed E-state index contributed by atoms with van der Waals surface area (Å²) in [5, 5.41) is 23.7. The number of aliphatic hydroxyl groups excluding tert-OH is 2. The lowest BCUT2D eigenvalue weighted by Crippen LogP contribution is -2.30. The maximum Gasteiger partial charge on any atom is 0.221 e. The molecule has 0 saturated carbocycles. The van der Waals surface area contributed by atoms with Crippen LogP contribution in [0.15, 0.2) is 6.33 Å². The number of hydrogen-bond donors (Lipinski definition) is 3. The molecule has 0 spiro atoms. The molecule has 0 atom stereocenters. The van der Waals surface area contributed by atoms with Crippen LogP contribution in [0.5, 0.6) is 0 Å². The molecule has 1 heterocycles. The predicted molar refractivity (Wildman–Crippen MR) is 42.8 cm³/mol. The van der Waals surface area contributed by atoms with Crippen molar-refractivity contribution in [2.75, 3.05) is 31.2 Å². The zero-order chi connectivity index (χ0) is 8.81. The van der Waals surface area contributed by atoms with Crippen molar-refractivity contribution < 1.29 is 10.2 Å². The van der Waals surface area contributed by atoms with Gasteiger partial charge in [0.15, 0.2) is 0 Å². The van der Waals surface area contributed by atoms with Gasteiger partial charge in [-0.15, -0.1) is 0 Å². The smallest absolute Gasteiger partial charge is 0.221 e. The highest BCUT2D eigenvalue weighted by molar-refractivity contribution is 5.26. The van der Waals surface area contributed by atoms with Gasteiger partial charge in [0.1, 0.15) is 6.33 Å².